The van der Waals surface area contributed by atoms with E-state index in [2.05, 4.69) is 39.8 Å². The van der Waals surface area contributed by atoms with Crippen molar-refractivity contribution in [1.82, 2.24) is 14.8 Å². The third-order valence-corrected chi connectivity index (χ3v) is 6.05. The van der Waals surface area contributed by atoms with Gasteiger partial charge >= 0.3 is 0 Å². The van der Waals surface area contributed by atoms with E-state index >= 15 is 0 Å². The molecule has 0 saturated heterocycles. The largest absolute Gasteiger partial charge is 0.324 e. The first-order valence-electron chi connectivity index (χ1n) is 8.75. The predicted octanol–water partition coefficient (Wildman–Crippen LogP) is 4.47. The molecule has 3 aromatic rings. The minimum Gasteiger partial charge on any atom is -0.324 e. The highest BCUT2D eigenvalue weighted by Crippen LogP contribution is 2.54. The molecule has 2 atom stereocenters. The second kappa shape index (κ2) is 7.74. The molecule has 1 saturated carbocycles. The lowest BCUT2D eigenvalue weighted by atomic mass is 10.1. The lowest BCUT2D eigenvalue weighted by Gasteiger charge is -2.07. The van der Waals surface area contributed by atoms with E-state index in [1.807, 2.05) is 29.8 Å². The van der Waals surface area contributed by atoms with Gasteiger partial charge in [0.1, 0.15) is 5.82 Å². The van der Waals surface area contributed by atoms with Gasteiger partial charge in [0.25, 0.3) is 0 Å². The molecule has 7 heteroatoms. The third-order valence-electron chi connectivity index (χ3n) is 4.70. The number of nitrogens with one attached hydrogen (secondary N) is 1. The molecule has 1 aliphatic rings. The number of aromatic nitrogens is 3. The molecule has 1 N–H and O–H groups in total. The van der Waals surface area contributed by atoms with Gasteiger partial charge in [0, 0.05) is 13.0 Å². The number of hydrogen-bond acceptors (Lipinski definition) is 4. The summed E-state index contributed by atoms with van der Waals surface area (Å²) in [4.78, 5) is 12.2. The van der Waals surface area contributed by atoms with Crippen LogP contribution in [0.1, 0.15) is 29.6 Å². The van der Waals surface area contributed by atoms with E-state index in [0.29, 0.717) is 22.5 Å². The zero-order valence-corrected chi connectivity index (χ0v) is 16.4. The Morgan fingerprint density at radius 3 is 2.67 bits per heavy atom. The molecule has 5 nitrogen and oxygen atoms in total. The number of halogens is 1. The summed E-state index contributed by atoms with van der Waals surface area (Å²) < 4.78 is 2.00. The van der Waals surface area contributed by atoms with Crippen LogP contribution in [0.3, 0.4) is 0 Å². The minimum atomic E-state index is -0.119. The number of rotatable bonds is 6. The Balaban J connectivity index is 1.36. The first-order valence-corrected chi connectivity index (χ1v) is 10.1. The fourth-order valence-electron chi connectivity index (χ4n) is 3.20. The molecule has 0 bridgehead atoms. The summed E-state index contributed by atoms with van der Waals surface area (Å²) in [5.74, 6) is 2.03. The van der Waals surface area contributed by atoms with Crippen LogP contribution >= 0.6 is 23.4 Å². The maximum absolute atomic E-state index is 12.2. The van der Waals surface area contributed by atoms with Gasteiger partial charge < -0.3 is 9.88 Å². The summed E-state index contributed by atoms with van der Waals surface area (Å²) in [5.41, 5.74) is 1.96. The summed E-state index contributed by atoms with van der Waals surface area (Å²) in [7, 11) is 1.96. The van der Waals surface area contributed by atoms with Gasteiger partial charge in [-0.3, -0.25) is 4.79 Å². The fourth-order valence-corrected chi connectivity index (χ4v) is 4.10. The van der Waals surface area contributed by atoms with Crippen molar-refractivity contribution >= 4 is 35.0 Å². The Kier molecular flexibility index (Phi) is 5.18. The molecule has 4 rings (SSSR count). The molecule has 27 heavy (non-hydrogen) atoms. The monoisotopic (exact) mass is 398 g/mol. The maximum atomic E-state index is 12.2. The lowest BCUT2D eigenvalue weighted by Crippen LogP contribution is -2.14. The van der Waals surface area contributed by atoms with Crippen molar-refractivity contribution < 1.29 is 4.79 Å². The molecule has 2 aromatic carbocycles. The van der Waals surface area contributed by atoms with Crippen LogP contribution < -0.4 is 5.32 Å². The van der Waals surface area contributed by atoms with E-state index < -0.39 is 0 Å². The number of thioether (sulfide) groups is 1. The SMILES string of the molecule is Cn1c(SCC(=O)Nc2ccccc2Cl)nnc1C1CC1c1ccccc1. The zero-order valence-electron chi connectivity index (χ0n) is 14.8. The van der Waals surface area contributed by atoms with Crippen molar-refractivity contribution in [3.8, 4) is 0 Å². The van der Waals surface area contributed by atoms with Crippen molar-refractivity contribution in [2.45, 2.75) is 23.4 Å². The van der Waals surface area contributed by atoms with Crippen molar-refractivity contribution in [3.63, 3.8) is 0 Å². The van der Waals surface area contributed by atoms with Gasteiger partial charge in [-0.15, -0.1) is 10.2 Å². The number of carbonyl (C=O) groups excluding carboxylic acids is 1. The van der Waals surface area contributed by atoms with E-state index in [-0.39, 0.29) is 11.7 Å². The fraction of sp³-hybridized carbons (Fsp3) is 0.250. The van der Waals surface area contributed by atoms with Crippen molar-refractivity contribution in [2.75, 3.05) is 11.1 Å². The second-order valence-corrected chi connectivity index (χ2v) is 7.93. The van der Waals surface area contributed by atoms with Crippen molar-refractivity contribution in [2.24, 2.45) is 7.05 Å². The molecule has 0 radical (unpaired) electrons. The van der Waals surface area contributed by atoms with Gasteiger partial charge in [-0.1, -0.05) is 65.8 Å². The number of anilines is 1. The lowest BCUT2D eigenvalue weighted by molar-refractivity contribution is -0.113. The third kappa shape index (κ3) is 4.01. The van der Waals surface area contributed by atoms with Crippen LogP contribution in [-0.2, 0) is 11.8 Å². The number of amides is 1. The Morgan fingerprint density at radius 1 is 1.15 bits per heavy atom. The summed E-state index contributed by atoms with van der Waals surface area (Å²) >= 11 is 7.45. The summed E-state index contributed by atoms with van der Waals surface area (Å²) in [5, 5.41) is 12.7. The maximum Gasteiger partial charge on any atom is 0.234 e. The highest BCUT2D eigenvalue weighted by molar-refractivity contribution is 7.99. The summed E-state index contributed by atoms with van der Waals surface area (Å²) in [6.07, 6.45) is 1.09. The predicted molar refractivity (Wildman–Crippen MR) is 108 cm³/mol. The van der Waals surface area contributed by atoms with E-state index in [4.69, 9.17) is 11.6 Å². The quantitative estimate of drug-likeness (QED) is 0.622. The van der Waals surface area contributed by atoms with Crippen LogP contribution in [0, 0.1) is 0 Å². The van der Waals surface area contributed by atoms with Crippen LogP contribution in [0.15, 0.2) is 59.8 Å². The molecule has 1 heterocycles. The molecule has 1 fully saturated rings. The van der Waals surface area contributed by atoms with Gasteiger partial charge in [-0.2, -0.15) is 0 Å². The van der Waals surface area contributed by atoms with Gasteiger partial charge in [0.2, 0.25) is 5.91 Å². The highest BCUT2D eigenvalue weighted by Gasteiger charge is 2.42. The van der Waals surface area contributed by atoms with E-state index in [9.17, 15) is 4.79 Å². The van der Waals surface area contributed by atoms with Gasteiger partial charge in [0.05, 0.1) is 16.5 Å². The Hall–Kier alpha value is -2.31. The molecule has 2 unspecified atom stereocenters. The molecule has 1 aromatic heterocycles. The van der Waals surface area contributed by atoms with Gasteiger partial charge in [0.15, 0.2) is 5.16 Å². The normalized spacial score (nSPS) is 18.3. The molecular weight excluding hydrogens is 380 g/mol. The van der Waals surface area contributed by atoms with Crippen LogP contribution in [0.25, 0.3) is 0 Å². The molecule has 1 aliphatic carbocycles. The molecule has 1 amide bonds. The Bertz CT molecular complexity index is 960. The number of carbonyl (C=O) groups is 1. The van der Waals surface area contributed by atoms with E-state index in [0.717, 1.165) is 17.4 Å². The molecule has 138 valence electrons. The van der Waals surface area contributed by atoms with Crippen molar-refractivity contribution in [3.05, 3.63) is 71.0 Å². The summed E-state index contributed by atoms with van der Waals surface area (Å²) in [6, 6.07) is 17.7. The average Bonchev–Trinajstić information content (AvgIpc) is 3.39. The van der Waals surface area contributed by atoms with Crippen LogP contribution in [0.2, 0.25) is 5.02 Å². The number of nitrogens with zero attached hydrogens (tertiary/aromatic N) is 3. The Morgan fingerprint density at radius 2 is 1.89 bits per heavy atom. The van der Waals surface area contributed by atoms with E-state index in [1.54, 1.807) is 12.1 Å². The number of benzene rings is 2. The summed E-state index contributed by atoms with van der Waals surface area (Å²) in [6.45, 7) is 0. The average molecular weight is 399 g/mol. The standard InChI is InChI=1S/C20H19ClN4OS/c1-25-19(15-11-14(15)13-7-3-2-4-8-13)23-24-20(25)27-12-18(26)22-17-10-6-5-9-16(17)21/h2-10,14-15H,11-12H2,1H3,(H,22,26). The van der Waals surface area contributed by atoms with Crippen LogP contribution in [0.5, 0.6) is 0 Å². The van der Waals surface area contributed by atoms with E-state index in [1.165, 1.54) is 17.3 Å². The first kappa shape index (κ1) is 18.1. The van der Waals surface area contributed by atoms with Gasteiger partial charge in [-0.05, 0) is 30.0 Å². The second-order valence-electron chi connectivity index (χ2n) is 6.58. The smallest absolute Gasteiger partial charge is 0.234 e. The van der Waals surface area contributed by atoms with Gasteiger partial charge in [-0.25, -0.2) is 0 Å². The molecule has 0 aliphatic heterocycles. The molecular formula is C20H19ClN4OS. The zero-order chi connectivity index (χ0) is 18.8. The van der Waals surface area contributed by atoms with Crippen LogP contribution in [-0.4, -0.2) is 26.4 Å². The Labute approximate surface area is 167 Å². The topological polar surface area (TPSA) is 59.8 Å². The van der Waals surface area contributed by atoms with Crippen LogP contribution in [0.4, 0.5) is 5.69 Å². The molecule has 0 spiro atoms. The number of hydrogen-bond donors (Lipinski definition) is 1. The first-order chi connectivity index (χ1) is 13.1. The van der Waals surface area contributed by atoms with Crippen molar-refractivity contribution in [1.29, 1.82) is 0 Å². The number of para-hydroxylation sites is 1. The highest BCUT2D eigenvalue weighted by atomic mass is 35.5. The minimum absolute atomic E-state index is 0.119.